The molecule has 0 aliphatic carbocycles. The van der Waals surface area contributed by atoms with E-state index in [0.717, 1.165) is 25.4 Å². The fourth-order valence-corrected chi connectivity index (χ4v) is 2.35. The predicted octanol–water partition coefficient (Wildman–Crippen LogP) is 4.21. The first-order chi connectivity index (χ1) is 8.69. The normalized spacial score (nSPS) is 11.3. The number of halogens is 1. The highest BCUT2D eigenvalue weighted by Crippen LogP contribution is 2.18. The summed E-state index contributed by atoms with van der Waals surface area (Å²) in [6.45, 7) is 4.17. The highest BCUT2D eigenvalue weighted by atomic mass is 35.5. The average molecular weight is 262 g/mol. The van der Waals surface area contributed by atoms with Gasteiger partial charge in [0.05, 0.1) is 0 Å². The summed E-state index contributed by atoms with van der Waals surface area (Å²) in [4.78, 5) is 2.32. The van der Waals surface area contributed by atoms with Crippen LogP contribution in [-0.2, 0) is 6.54 Å². The summed E-state index contributed by atoms with van der Waals surface area (Å²) in [5.74, 6) is 0.737. The number of nitrogens with zero attached hydrogens (tertiary/aromatic N) is 1. The molecule has 0 amide bonds. The van der Waals surface area contributed by atoms with Crippen LogP contribution in [0.25, 0.3) is 10.8 Å². The lowest BCUT2D eigenvalue weighted by molar-refractivity contribution is 0.328. The molecular formula is C16H20ClN. The maximum atomic E-state index is 5.71. The zero-order valence-corrected chi connectivity index (χ0v) is 11.9. The van der Waals surface area contributed by atoms with Gasteiger partial charge in [-0.15, -0.1) is 11.6 Å². The Kier molecular flexibility index (Phi) is 4.62. The third-order valence-electron chi connectivity index (χ3n) is 3.19. The molecule has 1 nitrogen and oxygen atoms in total. The lowest BCUT2D eigenvalue weighted by Crippen LogP contribution is -2.19. The minimum atomic E-state index is 0.737. The Morgan fingerprint density at radius 3 is 2.56 bits per heavy atom. The van der Waals surface area contributed by atoms with Crippen LogP contribution >= 0.6 is 11.6 Å². The smallest absolute Gasteiger partial charge is 0.0235 e. The van der Waals surface area contributed by atoms with Crippen LogP contribution in [0.2, 0.25) is 0 Å². The van der Waals surface area contributed by atoms with Gasteiger partial charge in [0.15, 0.2) is 0 Å². The molecule has 0 aromatic heterocycles. The van der Waals surface area contributed by atoms with Crippen LogP contribution in [0.15, 0.2) is 36.4 Å². The Balaban J connectivity index is 2.12. The van der Waals surface area contributed by atoms with Crippen LogP contribution in [-0.4, -0.2) is 24.4 Å². The van der Waals surface area contributed by atoms with Crippen molar-refractivity contribution in [2.24, 2.45) is 0 Å². The first kappa shape index (κ1) is 13.4. The Bertz CT molecular complexity index is 521. The number of aryl methyl sites for hydroxylation is 1. The van der Waals surface area contributed by atoms with E-state index in [-0.39, 0.29) is 0 Å². The molecule has 0 spiro atoms. The summed E-state index contributed by atoms with van der Waals surface area (Å²) in [5.41, 5.74) is 2.68. The topological polar surface area (TPSA) is 3.24 Å². The third-order valence-corrected chi connectivity index (χ3v) is 3.45. The summed E-state index contributed by atoms with van der Waals surface area (Å²) in [6.07, 6.45) is 1.05. The van der Waals surface area contributed by atoms with E-state index in [4.69, 9.17) is 11.6 Å². The second-order valence-corrected chi connectivity index (χ2v) is 5.34. The van der Waals surface area contributed by atoms with Gasteiger partial charge in [0.2, 0.25) is 0 Å². The molecule has 0 unspecified atom stereocenters. The van der Waals surface area contributed by atoms with Gasteiger partial charge in [0.25, 0.3) is 0 Å². The van der Waals surface area contributed by atoms with Crippen molar-refractivity contribution in [1.82, 2.24) is 4.90 Å². The van der Waals surface area contributed by atoms with E-state index < -0.39 is 0 Å². The molecule has 2 aromatic rings. The van der Waals surface area contributed by atoms with Gasteiger partial charge in [0, 0.05) is 12.4 Å². The largest absolute Gasteiger partial charge is 0.302 e. The number of alkyl halides is 1. The molecule has 0 aliphatic heterocycles. The molecule has 2 heteroatoms. The zero-order chi connectivity index (χ0) is 13.0. The Morgan fingerprint density at radius 1 is 1.06 bits per heavy atom. The molecule has 2 rings (SSSR count). The van der Waals surface area contributed by atoms with Crippen LogP contribution in [0.4, 0.5) is 0 Å². The van der Waals surface area contributed by atoms with Crippen molar-refractivity contribution >= 4 is 22.4 Å². The molecular weight excluding hydrogens is 242 g/mol. The molecule has 2 aromatic carbocycles. The van der Waals surface area contributed by atoms with E-state index in [1.54, 1.807) is 0 Å². The van der Waals surface area contributed by atoms with Crippen molar-refractivity contribution in [3.63, 3.8) is 0 Å². The van der Waals surface area contributed by atoms with Gasteiger partial charge in [-0.25, -0.2) is 0 Å². The summed E-state index contributed by atoms with van der Waals surface area (Å²) >= 11 is 5.71. The lowest BCUT2D eigenvalue weighted by atomic mass is 10.0. The molecule has 0 N–H and O–H groups in total. The number of rotatable bonds is 5. The van der Waals surface area contributed by atoms with Crippen molar-refractivity contribution in [2.45, 2.75) is 19.9 Å². The maximum Gasteiger partial charge on any atom is 0.0235 e. The van der Waals surface area contributed by atoms with E-state index in [9.17, 15) is 0 Å². The summed E-state index contributed by atoms with van der Waals surface area (Å²) in [5, 5.41) is 2.64. The highest BCUT2D eigenvalue weighted by Gasteiger charge is 2.01. The quantitative estimate of drug-likeness (QED) is 0.729. The predicted molar refractivity (Wildman–Crippen MR) is 80.4 cm³/mol. The molecule has 0 radical (unpaired) electrons. The van der Waals surface area contributed by atoms with Crippen LogP contribution in [0, 0.1) is 6.92 Å². The van der Waals surface area contributed by atoms with E-state index in [1.807, 2.05) is 0 Å². The Hall–Kier alpha value is -1.05. The Morgan fingerprint density at radius 2 is 1.78 bits per heavy atom. The van der Waals surface area contributed by atoms with Gasteiger partial charge in [-0.05, 0) is 49.3 Å². The van der Waals surface area contributed by atoms with E-state index in [1.165, 1.54) is 21.9 Å². The molecule has 0 bridgehead atoms. The van der Waals surface area contributed by atoms with Crippen LogP contribution < -0.4 is 0 Å². The number of hydrogen-bond acceptors (Lipinski definition) is 1. The van der Waals surface area contributed by atoms with Crippen molar-refractivity contribution in [1.29, 1.82) is 0 Å². The number of fused-ring (bicyclic) bond motifs is 1. The summed E-state index contributed by atoms with van der Waals surface area (Å²) in [7, 11) is 2.14. The minimum absolute atomic E-state index is 0.737. The summed E-state index contributed by atoms with van der Waals surface area (Å²) < 4.78 is 0. The molecule has 0 fully saturated rings. The number of benzene rings is 2. The van der Waals surface area contributed by atoms with Crippen molar-refractivity contribution in [2.75, 3.05) is 19.5 Å². The van der Waals surface area contributed by atoms with Crippen LogP contribution in [0.5, 0.6) is 0 Å². The molecule has 0 aliphatic rings. The van der Waals surface area contributed by atoms with Gasteiger partial charge in [0.1, 0.15) is 0 Å². The van der Waals surface area contributed by atoms with Crippen molar-refractivity contribution in [3.05, 3.63) is 47.5 Å². The first-order valence-electron chi connectivity index (χ1n) is 6.43. The van der Waals surface area contributed by atoms with Crippen LogP contribution in [0.1, 0.15) is 17.5 Å². The molecule has 0 atom stereocenters. The first-order valence-corrected chi connectivity index (χ1v) is 6.96. The molecule has 0 saturated carbocycles. The van der Waals surface area contributed by atoms with E-state index in [0.29, 0.717) is 0 Å². The minimum Gasteiger partial charge on any atom is -0.302 e. The van der Waals surface area contributed by atoms with Crippen molar-refractivity contribution < 1.29 is 0 Å². The monoisotopic (exact) mass is 261 g/mol. The molecule has 0 heterocycles. The van der Waals surface area contributed by atoms with E-state index >= 15 is 0 Å². The molecule has 0 saturated heterocycles. The standard InChI is InChI=1S/C16H20ClN/c1-13-4-6-16-11-14(5-7-15(16)10-13)12-18(2)9-3-8-17/h4-7,10-11H,3,8-9,12H2,1-2H3. The highest BCUT2D eigenvalue weighted by molar-refractivity contribution is 6.17. The zero-order valence-electron chi connectivity index (χ0n) is 11.1. The maximum absolute atomic E-state index is 5.71. The van der Waals surface area contributed by atoms with Crippen molar-refractivity contribution in [3.8, 4) is 0 Å². The van der Waals surface area contributed by atoms with Gasteiger partial charge in [-0.3, -0.25) is 0 Å². The average Bonchev–Trinajstić information content (AvgIpc) is 2.36. The third kappa shape index (κ3) is 3.47. The van der Waals surface area contributed by atoms with Gasteiger partial charge in [-0.2, -0.15) is 0 Å². The van der Waals surface area contributed by atoms with Gasteiger partial charge in [-0.1, -0.05) is 35.9 Å². The second-order valence-electron chi connectivity index (χ2n) is 4.97. The lowest BCUT2D eigenvalue weighted by Gasteiger charge is -2.16. The molecule has 18 heavy (non-hydrogen) atoms. The SMILES string of the molecule is Cc1ccc2cc(CN(C)CCCCl)ccc2c1. The van der Waals surface area contributed by atoms with E-state index in [2.05, 4.69) is 55.3 Å². The fourth-order valence-electron chi connectivity index (χ4n) is 2.23. The number of hydrogen-bond donors (Lipinski definition) is 0. The summed E-state index contributed by atoms with van der Waals surface area (Å²) in [6, 6.07) is 13.3. The fraction of sp³-hybridized carbons (Fsp3) is 0.375. The Labute approximate surface area is 114 Å². The van der Waals surface area contributed by atoms with Gasteiger partial charge < -0.3 is 4.90 Å². The second kappa shape index (κ2) is 6.21. The van der Waals surface area contributed by atoms with Gasteiger partial charge >= 0.3 is 0 Å². The molecule has 96 valence electrons. The van der Waals surface area contributed by atoms with Crippen LogP contribution in [0.3, 0.4) is 0 Å².